The molecule has 1 atom stereocenters. The number of ether oxygens (including phenoxy) is 2. The minimum Gasteiger partial charge on any atom is -0.462 e. The highest BCUT2D eigenvalue weighted by molar-refractivity contribution is 7.89. The zero-order valence-electron chi connectivity index (χ0n) is 18.6. The largest absolute Gasteiger partial charge is 0.462 e. The Morgan fingerprint density at radius 3 is 2.58 bits per heavy atom. The van der Waals surface area contributed by atoms with Crippen LogP contribution in [0, 0.1) is 0 Å². The molecular weight excluding hydrogens is 468 g/mol. The first-order chi connectivity index (χ1) is 15.7. The molecule has 1 heterocycles. The first kappa shape index (κ1) is 24.9. The van der Waals surface area contributed by atoms with Gasteiger partial charge in [0.2, 0.25) is 10.0 Å². The molecule has 0 saturated carbocycles. The summed E-state index contributed by atoms with van der Waals surface area (Å²) in [4.78, 5) is 38.8. The van der Waals surface area contributed by atoms with Gasteiger partial charge in [-0.1, -0.05) is 6.07 Å². The van der Waals surface area contributed by atoms with Crippen LogP contribution in [0.15, 0.2) is 29.2 Å². The number of hydrogen-bond acceptors (Lipinski definition) is 8. The van der Waals surface area contributed by atoms with Gasteiger partial charge >= 0.3 is 11.9 Å². The van der Waals surface area contributed by atoms with Crippen LogP contribution < -0.4 is 10.0 Å². The summed E-state index contributed by atoms with van der Waals surface area (Å²) in [7, 11) is -2.48. The maximum absolute atomic E-state index is 12.8. The van der Waals surface area contributed by atoms with E-state index in [-0.39, 0.29) is 17.1 Å². The fraction of sp³-hybridized carbons (Fsp3) is 0.409. The second-order valence-electron chi connectivity index (χ2n) is 7.41. The number of hydrogen-bond donors (Lipinski definition) is 2. The van der Waals surface area contributed by atoms with Crippen LogP contribution in [-0.4, -0.2) is 46.0 Å². The van der Waals surface area contributed by atoms with Crippen molar-refractivity contribution in [1.29, 1.82) is 0 Å². The summed E-state index contributed by atoms with van der Waals surface area (Å²) in [5.41, 5.74) is 1.27. The molecule has 2 aromatic rings. The van der Waals surface area contributed by atoms with E-state index in [0.29, 0.717) is 10.6 Å². The van der Waals surface area contributed by atoms with Crippen LogP contribution in [0.5, 0.6) is 0 Å². The Morgan fingerprint density at radius 1 is 1.15 bits per heavy atom. The van der Waals surface area contributed by atoms with Gasteiger partial charge in [-0.05, 0) is 70.3 Å². The van der Waals surface area contributed by atoms with Gasteiger partial charge in [0, 0.05) is 4.88 Å². The van der Waals surface area contributed by atoms with E-state index in [2.05, 4.69) is 10.0 Å². The number of thiophene rings is 1. The minimum atomic E-state index is -3.74. The van der Waals surface area contributed by atoms with Crippen LogP contribution in [0.1, 0.15) is 57.8 Å². The standard InChI is InChI=1S/C22H26N2O7S2/c1-4-30-22(27)18-16-10-5-6-11-17(16)32-20(18)24-19(25)13(2)31-21(26)14-8-7-9-15(12-14)33(28,29)23-3/h7-9,12-13,23H,4-6,10-11H2,1-3H3,(H,24,25)/t13-/m1/s1. The number of rotatable bonds is 8. The molecule has 2 N–H and O–H groups in total. The third-order valence-electron chi connectivity index (χ3n) is 5.19. The van der Waals surface area contributed by atoms with Crippen molar-refractivity contribution in [3.8, 4) is 0 Å². The van der Waals surface area contributed by atoms with Crippen molar-refractivity contribution in [2.75, 3.05) is 19.0 Å². The Balaban J connectivity index is 1.75. The quantitative estimate of drug-likeness (QED) is 0.540. The van der Waals surface area contributed by atoms with Crippen LogP contribution in [0.25, 0.3) is 0 Å². The van der Waals surface area contributed by atoms with Gasteiger partial charge < -0.3 is 14.8 Å². The average molecular weight is 495 g/mol. The number of sulfonamides is 1. The van der Waals surface area contributed by atoms with Gasteiger partial charge in [-0.2, -0.15) is 0 Å². The van der Waals surface area contributed by atoms with E-state index >= 15 is 0 Å². The molecule has 0 spiro atoms. The van der Waals surface area contributed by atoms with Crippen LogP contribution in [0.3, 0.4) is 0 Å². The second-order valence-corrected chi connectivity index (χ2v) is 10.4. The van der Waals surface area contributed by atoms with Crippen LogP contribution in [0.2, 0.25) is 0 Å². The van der Waals surface area contributed by atoms with E-state index in [1.54, 1.807) is 6.92 Å². The highest BCUT2D eigenvalue weighted by Crippen LogP contribution is 2.38. The Morgan fingerprint density at radius 2 is 1.88 bits per heavy atom. The Kier molecular flexibility index (Phi) is 7.88. The highest BCUT2D eigenvalue weighted by Gasteiger charge is 2.29. The number of carbonyl (C=O) groups is 3. The van der Waals surface area contributed by atoms with E-state index in [0.717, 1.165) is 36.1 Å². The Bertz CT molecular complexity index is 1170. The Labute approximate surface area is 196 Å². The number of esters is 2. The molecule has 1 aromatic heterocycles. The molecular formula is C22H26N2O7S2. The zero-order valence-corrected chi connectivity index (χ0v) is 20.2. The molecule has 178 valence electrons. The van der Waals surface area contributed by atoms with Gasteiger partial charge in [-0.3, -0.25) is 4.79 Å². The van der Waals surface area contributed by atoms with Crippen LogP contribution in [-0.2, 0) is 37.1 Å². The van der Waals surface area contributed by atoms with Crippen molar-refractivity contribution in [3.05, 3.63) is 45.8 Å². The van der Waals surface area contributed by atoms with Gasteiger partial charge in [0.25, 0.3) is 5.91 Å². The number of carbonyl (C=O) groups excluding carboxylic acids is 3. The number of aryl methyl sites for hydroxylation is 1. The Hall–Kier alpha value is -2.76. The second kappa shape index (κ2) is 10.4. The summed E-state index contributed by atoms with van der Waals surface area (Å²) in [6.07, 6.45) is 2.36. The van der Waals surface area contributed by atoms with Gasteiger partial charge in [-0.25, -0.2) is 22.7 Å². The molecule has 33 heavy (non-hydrogen) atoms. The number of amides is 1. The molecule has 11 heteroatoms. The van der Waals surface area contributed by atoms with Crippen LogP contribution in [0.4, 0.5) is 5.00 Å². The SMILES string of the molecule is CCOC(=O)c1c(NC(=O)[C@@H](C)OC(=O)c2cccc(S(=O)(=O)NC)c2)sc2c1CCCC2. The van der Waals surface area contributed by atoms with E-state index in [4.69, 9.17) is 9.47 Å². The normalized spacial score (nSPS) is 14.2. The van der Waals surface area contributed by atoms with Gasteiger partial charge in [0.1, 0.15) is 5.00 Å². The summed E-state index contributed by atoms with van der Waals surface area (Å²) in [6, 6.07) is 5.32. The molecule has 0 saturated heterocycles. The number of fused-ring (bicyclic) bond motifs is 1. The minimum absolute atomic E-state index is 0.00947. The molecule has 9 nitrogen and oxygen atoms in total. The first-order valence-corrected chi connectivity index (χ1v) is 12.8. The number of benzene rings is 1. The van der Waals surface area contributed by atoms with E-state index in [1.807, 2.05) is 0 Å². The predicted octanol–water partition coefficient (Wildman–Crippen LogP) is 2.90. The number of anilines is 1. The summed E-state index contributed by atoms with van der Waals surface area (Å²) in [6.45, 7) is 3.33. The maximum atomic E-state index is 12.8. The molecule has 3 rings (SSSR count). The van der Waals surface area contributed by atoms with Crippen molar-refractivity contribution >= 4 is 44.2 Å². The molecule has 0 aliphatic heterocycles. The summed E-state index contributed by atoms with van der Waals surface area (Å²) >= 11 is 1.34. The molecule has 1 aromatic carbocycles. The lowest BCUT2D eigenvalue weighted by molar-refractivity contribution is -0.123. The smallest absolute Gasteiger partial charge is 0.341 e. The fourth-order valence-electron chi connectivity index (χ4n) is 3.48. The monoisotopic (exact) mass is 494 g/mol. The lowest BCUT2D eigenvalue weighted by atomic mass is 9.95. The van der Waals surface area contributed by atoms with Gasteiger partial charge in [0.05, 0.1) is 22.6 Å². The first-order valence-electron chi connectivity index (χ1n) is 10.5. The summed E-state index contributed by atoms with van der Waals surface area (Å²) in [5.74, 6) is -1.94. The molecule has 0 bridgehead atoms. The van der Waals surface area contributed by atoms with Crippen molar-refractivity contribution in [3.63, 3.8) is 0 Å². The molecule has 1 aliphatic rings. The van der Waals surface area contributed by atoms with E-state index < -0.39 is 34.0 Å². The maximum Gasteiger partial charge on any atom is 0.341 e. The van der Waals surface area contributed by atoms with Crippen molar-refractivity contribution in [2.24, 2.45) is 0 Å². The third-order valence-corrected chi connectivity index (χ3v) is 7.81. The predicted molar refractivity (Wildman–Crippen MR) is 123 cm³/mol. The van der Waals surface area contributed by atoms with Crippen molar-refractivity contribution < 1.29 is 32.3 Å². The van der Waals surface area contributed by atoms with Crippen molar-refractivity contribution in [2.45, 2.75) is 50.5 Å². The molecule has 0 fully saturated rings. The topological polar surface area (TPSA) is 128 Å². The van der Waals surface area contributed by atoms with E-state index in [1.165, 1.54) is 49.6 Å². The zero-order chi connectivity index (χ0) is 24.2. The lowest BCUT2D eigenvalue weighted by Crippen LogP contribution is -2.30. The third kappa shape index (κ3) is 5.60. The molecule has 0 radical (unpaired) electrons. The van der Waals surface area contributed by atoms with Gasteiger partial charge in [0.15, 0.2) is 6.10 Å². The number of nitrogens with one attached hydrogen (secondary N) is 2. The molecule has 1 aliphatic carbocycles. The van der Waals surface area contributed by atoms with Crippen LogP contribution >= 0.6 is 11.3 Å². The van der Waals surface area contributed by atoms with E-state index in [9.17, 15) is 22.8 Å². The summed E-state index contributed by atoms with van der Waals surface area (Å²) in [5, 5.41) is 3.09. The summed E-state index contributed by atoms with van der Waals surface area (Å²) < 4.78 is 36.5. The highest BCUT2D eigenvalue weighted by atomic mass is 32.2. The fourth-order valence-corrected chi connectivity index (χ4v) is 5.53. The van der Waals surface area contributed by atoms with Gasteiger partial charge in [-0.15, -0.1) is 11.3 Å². The average Bonchev–Trinajstić information content (AvgIpc) is 3.17. The molecule has 0 unspecified atom stereocenters. The molecule has 1 amide bonds. The lowest BCUT2D eigenvalue weighted by Gasteiger charge is -2.14. The van der Waals surface area contributed by atoms with Crippen molar-refractivity contribution in [1.82, 2.24) is 4.72 Å².